The second-order valence-electron chi connectivity index (χ2n) is 7.28. The number of nitrogens with one attached hydrogen (secondary N) is 1. The van der Waals surface area contributed by atoms with Crippen LogP contribution in [0, 0.1) is 12.3 Å². The molecule has 2 aromatic rings. The summed E-state index contributed by atoms with van der Waals surface area (Å²) in [5.41, 5.74) is 2.55. The van der Waals surface area contributed by atoms with E-state index in [0.29, 0.717) is 44.0 Å². The van der Waals surface area contributed by atoms with Gasteiger partial charge in [0.25, 0.3) is 5.91 Å². The predicted molar refractivity (Wildman–Crippen MR) is 146 cm³/mol. The molecule has 1 amide bonds. The van der Waals surface area contributed by atoms with Gasteiger partial charge in [-0.2, -0.15) is 0 Å². The molecule has 1 fully saturated rings. The predicted octanol–water partition coefficient (Wildman–Crippen LogP) is 6.95. The number of amides is 1. The standard InChI is InChI=1S/C22H21F3IN2O4PS.C2H6/c1-2-13-28-14-11-21(12-15-28,20(29)27-32-33-26)34-19-9-7-17(8-10-19)30-16-3-5-18(6-4-16)31-22(23,24)25;1-2/h1,3-10,33H,11-15H2,(H,27,29);1-2H3. The zero-order valence-corrected chi connectivity index (χ0v) is 23.7. The van der Waals surface area contributed by atoms with E-state index in [1.165, 1.54) is 36.0 Å². The first kappa shape index (κ1) is 30.5. The summed E-state index contributed by atoms with van der Waals surface area (Å²) >= 11 is 3.50. The third-order valence-corrected chi connectivity index (χ3v) is 7.34. The Morgan fingerprint density at radius 3 is 2.14 bits per heavy atom. The number of alkyl halides is 3. The number of terminal acetylenes is 1. The minimum atomic E-state index is -4.75. The van der Waals surface area contributed by atoms with Gasteiger partial charge in [-0.15, -0.1) is 31.4 Å². The Morgan fingerprint density at radius 1 is 1.11 bits per heavy atom. The Kier molecular flexibility index (Phi) is 12.6. The number of benzene rings is 2. The molecular formula is C24H27F3IN2O4PS. The van der Waals surface area contributed by atoms with Crippen LogP contribution in [0.2, 0.25) is 0 Å². The third kappa shape index (κ3) is 9.63. The highest BCUT2D eigenvalue weighted by atomic mass is 127. The smallest absolute Gasteiger partial charge is 0.457 e. The molecule has 1 heterocycles. The van der Waals surface area contributed by atoms with Gasteiger partial charge in [-0.1, -0.05) is 19.8 Å². The van der Waals surface area contributed by atoms with E-state index < -0.39 is 11.1 Å². The van der Waals surface area contributed by atoms with Crippen molar-refractivity contribution < 1.29 is 32.1 Å². The maximum absolute atomic E-state index is 13.0. The number of carbonyl (C=O) groups excluding carboxylic acids is 1. The molecule has 1 aliphatic rings. The lowest BCUT2D eigenvalue weighted by atomic mass is 9.95. The molecule has 196 valence electrons. The lowest BCUT2D eigenvalue weighted by Gasteiger charge is -2.39. The van der Waals surface area contributed by atoms with E-state index in [0.717, 1.165) is 4.90 Å². The second kappa shape index (κ2) is 14.9. The van der Waals surface area contributed by atoms with Gasteiger partial charge in [0.2, 0.25) is 0 Å². The lowest BCUT2D eigenvalue weighted by molar-refractivity contribution is -0.274. The minimum Gasteiger partial charge on any atom is -0.457 e. The Morgan fingerprint density at radius 2 is 1.64 bits per heavy atom. The van der Waals surface area contributed by atoms with Crippen LogP contribution in [0.4, 0.5) is 13.2 Å². The van der Waals surface area contributed by atoms with Crippen LogP contribution in [0.25, 0.3) is 0 Å². The van der Waals surface area contributed by atoms with Gasteiger partial charge in [-0.3, -0.25) is 9.69 Å². The van der Waals surface area contributed by atoms with Gasteiger partial charge in [0.1, 0.15) is 28.4 Å². The molecule has 6 nitrogen and oxygen atoms in total. The molecule has 3 rings (SSSR count). The van der Waals surface area contributed by atoms with Gasteiger partial charge < -0.3 is 9.47 Å². The molecule has 1 atom stereocenters. The minimum absolute atomic E-state index is 0.106. The quantitative estimate of drug-likeness (QED) is 0.137. The maximum atomic E-state index is 13.0. The van der Waals surface area contributed by atoms with E-state index in [-0.39, 0.29) is 18.1 Å². The van der Waals surface area contributed by atoms with E-state index in [1.54, 1.807) is 12.1 Å². The van der Waals surface area contributed by atoms with Gasteiger partial charge in [0, 0.05) is 18.0 Å². The molecule has 0 aromatic heterocycles. The highest BCUT2D eigenvalue weighted by molar-refractivity contribution is 14.2. The maximum Gasteiger partial charge on any atom is 0.573 e. The molecule has 1 saturated heterocycles. The zero-order valence-electron chi connectivity index (χ0n) is 19.7. The molecule has 1 aliphatic heterocycles. The van der Waals surface area contributed by atoms with Crippen molar-refractivity contribution in [2.24, 2.45) is 0 Å². The SMILES string of the molecule is C#CCN1CCC(Sc2ccc(Oc3ccc(OC(F)(F)F)cc3)cc2)(C(=O)NOPI)CC1.CC. The number of ether oxygens (including phenoxy) is 2. The number of thioether (sulfide) groups is 1. The van der Waals surface area contributed by atoms with Crippen LogP contribution in [0.15, 0.2) is 53.4 Å². The van der Waals surface area contributed by atoms with Gasteiger partial charge in [0.15, 0.2) is 0 Å². The Bertz CT molecular complexity index is 996. The summed E-state index contributed by atoms with van der Waals surface area (Å²) in [5.74, 6) is 3.01. The summed E-state index contributed by atoms with van der Waals surface area (Å²) in [6.07, 6.45) is 1.90. The summed E-state index contributed by atoms with van der Waals surface area (Å²) in [6, 6.07) is 12.3. The van der Waals surface area contributed by atoms with Crippen molar-refractivity contribution in [1.29, 1.82) is 0 Å². The van der Waals surface area contributed by atoms with Crippen LogP contribution < -0.4 is 15.0 Å². The largest absolute Gasteiger partial charge is 0.573 e. The van der Waals surface area contributed by atoms with Crippen molar-refractivity contribution in [3.05, 3.63) is 48.5 Å². The summed E-state index contributed by atoms with van der Waals surface area (Å²) in [7, 11) is 0. The number of hydroxylamine groups is 1. The van der Waals surface area contributed by atoms with Crippen LogP contribution in [-0.2, 0) is 9.42 Å². The monoisotopic (exact) mass is 654 g/mol. The first-order chi connectivity index (χ1) is 17.2. The van der Waals surface area contributed by atoms with Gasteiger partial charge >= 0.3 is 6.36 Å². The second-order valence-corrected chi connectivity index (χ2v) is 10.4. The molecule has 1 unspecified atom stereocenters. The first-order valence-electron chi connectivity index (χ1n) is 11.0. The fourth-order valence-corrected chi connectivity index (χ4v) is 5.09. The van der Waals surface area contributed by atoms with Crippen molar-refractivity contribution in [1.82, 2.24) is 10.4 Å². The number of rotatable bonds is 9. The van der Waals surface area contributed by atoms with Gasteiger partial charge in [-0.25, -0.2) is 10.1 Å². The Balaban J connectivity index is 0.00000222. The molecule has 1 N–H and O–H groups in total. The average molecular weight is 654 g/mol. The molecule has 36 heavy (non-hydrogen) atoms. The summed E-state index contributed by atoms with van der Waals surface area (Å²) in [5, 5.41) is 0. The lowest BCUT2D eigenvalue weighted by Crippen LogP contribution is -2.51. The normalized spacial score (nSPS) is 15.5. The zero-order chi connectivity index (χ0) is 26.6. The molecule has 0 bridgehead atoms. The van der Waals surface area contributed by atoms with E-state index in [9.17, 15) is 18.0 Å². The molecule has 12 heteroatoms. The van der Waals surface area contributed by atoms with Crippen LogP contribution in [0.5, 0.6) is 17.2 Å². The molecule has 2 aromatic carbocycles. The number of likely N-dealkylation sites (tertiary alicyclic amines) is 1. The molecule has 0 spiro atoms. The van der Waals surface area contributed by atoms with Crippen molar-refractivity contribution in [3.8, 4) is 29.6 Å². The van der Waals surface area contributed by atoms with Crippen LogP contribution in [0.1, 0.15) is 26.7 Å². The molecular weight excluding hydrogens is 627 g/mol. The molecule has 0 saturated carbocycles. The number of hydrogen-bond donors (Lipinski definition) is 1. The third-order valence-electron chi connectivity index (χ3n) is 5.00. The van der Waals surface area contributed by atoms with Gasteiger partial charge in [-0.05, 0) is 83.4 Å². The highest BCUT2D eigenvalue weighted by Gasteiger charge is 2.42. The van der Waals surface area contributed by atoms with E-state index >= 15 is 0 Å². The summed E-state index contributed by atoms with van der Waals surface area (Å²) < 4.78 is 50.9. The van der Waals surface area contributed by atoms with E-state index in [2.05, 4.69) is 21.0 Å². The Labute approximate surface area is 228 Å². The van der Waals surface area contributed by atoms with Crippen molar-refractivity contribution in [2.75, 3.05) is 19.6 Å². The summed E-state index contributed by atoms with van der Waals surface area (Å²) in [6.45, 7) is 6.05. The van der Waals surface area contributed by atoms with E-state index in [1.807, 2.05) is 48.0 Å². The fraction of sp³-hybridized carbons (Fsp3) is 0.375. The number of hydrogen-bond acceptors (Lipinski definition) is 6. The summed E-state index contributed by atoms with van der Waals surface area (Å²) in [4.78, 5) is 16.0. The topological polar surface area (TPSA) is 60.0 Å². The number of nitrogens with zero attached hydrogens (tertiary/aromatic N) is 1. The highest BCUT2D eigenvalue weighted by Crippen LogP contribution is 2.42. The Hall–Kier alpha value is -1.71. The molecule has 0 radical (unpaired) electrons. The molecule has 0 aliphatic carbocycles. The van der Waals surface area contributed by atoms with Crippen molar-refractivity contribution in [3.63, 3.8) is 0 Å². The van der Waals surface area contributed by atoms with Crippen LogP contribution >= 0.6 is 40.3 Å². The van der Waals surface area contributed by atoms with Crippen LogP contribution in [0.3, 0.4) is 0 Å². The van der Waals surface area contributed by atoms with Crippen molar-refractivity contribution >= 4 is 46.2 Å². The van der Waals surface area contributed by atoms with Gasteiger partial charge in [0.05, 0.1) is 6.54 Å². The van der Waals surface area contributed by atoms with Crippen molar-refractivity contribution in [2.45, 2.75) is 42.7 Å². The number of halogens is 4. The van der Waals surface area contributed by atoms with E-state index in [4.69, 9.17) is 15.8 Å². The number of carbonyl (C=O) groups is 1. The average Bonchev–Trinajstić information content (AvgIpc) is 2.86. The fourth-order valence-electron chi connectivity index (χ4n) is 3.38. The first-order valence-corrected chi connectivity index (χ1v) is 15.9. The number of piperidine rings is 1. The van der Waals surface area contributed by atoms with Crippen LogP contribution in [-0.4, -0.2) is 41.6 Å².